The summed E-state index contributed by atoms with van der Waals surface area (Å²) in [5, 5.41) is 2.73. The molecule has 6 nitrogen and oxygen atoms in total. The number of furan rings is 1. The third-order valence-corrected chi connectivity index (χ3v) is 3.60. The number of amides is 1. The molecule has 2 aromatic heterocycles. The molecule has 3 rings (SSSR count). The van der Waals surface area contributed by atoms with Crippen molar-refractivity contribution in [2.45, 2.75) is 6.92 Å². The minimum Gasteiger partial charge on any atom is -0.462 e. The number of aromatic nitrogens is 2. The summed E-state index contributed by atoms with van der Waals surface area (Å²) in [4.78, 5) is 28.3. The number of hydrogen-bond donors (Lipinski definition) is 1. The largest absolute Gasteiger partial charge is 0.462 e. The Hall–Kier alpha value is -3.41. The van der Waals surface area contributed by atoms with E-state index in [-0.39, 0.29) is 11.7 Å². The zero-order chi connectivity index (χ0) is 17.8. The van der Waals surface area contributed by atoms with Crippen molar-refractivity contribution < 1.29 is 14.0 Å². The lowest BCUT2D eigenvalue weighted by Gasteiger charge is -2.04. The van der Waals surface area contributed by atoms with Crippen molar-refractivity contribution in [3.8, 4) is 0 Å². The topological polar surface area (TPSA) is 77.1 Å². The molecule has 0 atom stereocenters. The van der Waals surface area contributed by atoms with Crippen LogP contribution >= 0.6 is 0 Å². The van der Waals surface area contributed by atoms with Crippen LogP contribution in [0.5, 0.6) is 0 Å². The quantitative estimate of drug-likeness (QED) is 0.574. The van der Waals surface area contributed by atoms with Gasteiger partial charge in [-0.2, -0.15) is 0 Å². The highest BCUT2D eigenvalue weighted by atomic mass is 16.3. The van der Waals surface area contributed by atoms with Crippen molar-refractivity contribution in [3.05, 3.63) is 77.8 Å². The maximum atomic E-state index is 12.3. The molecule has 1 N–H and O–H groups in total. The number of hydrogen-bond acceptors (Lipinski definition) is 4. The van der Waals surface area contributed by atoms with Crippen molar-refractivity contribution in [2.75, 3.05) is 5.32 Å². The molecule has 1 amide bonds. The average Bonchev–Trinajstić information content (AvgIpc) is 3.21. The van der Waals surface area contributed by atoms with Crippen LogP contribution in [-0.2, 0) is 11.8 Å². The lowest BCUT2D eigenvalue weighted by atomic mass is 10.1. The van der Waals surface area contributed by atoms with E-state index in [1.54, 1.807) is 60.4 Å². The molecule has 0 aliphatic heterocycles. The molecule has 1 aromatic carbocycles. The Morgan fingerprint density at radius 3 is 2.52 bits per heavy atom. The van der Waals surface area contributed by atoms with Gasteiger partial charge in [0.05, 0.1) is 0 Å². The van der Waals surface area contributed by atoms with Crippen LogP contribution < -0.4 is 5.32 Å². The monoisotopic (exact) mass is 335 g/mol. The Kier molecular flexibility index (Phi) is 4.61. The first kappa shape index (κ1) is 16.4. The highest BCUT2D eigenvalue weighted by Gasteiger charge is 2.13. The van der Waals surface area contributed by atoms with Gasteiger partial charge in [-0.1, -0.05) is 0 Å². The van der Waals surface area contributed by atoms with E-state index in [1.807, 2.05) is 13.0 Å². The van der Waals surface area contributed by atoms with Crippen LogP contribution in [0.15, 0.2) is 59.3 Å². The van der Waals surface area contributed by atoms with E-state index in [1.165, 1.54) is 6.08 Å². The molecule has 0 saturated heterocycles. The summed E-state index contributed by atoms with van der Waals surface area (Å²) >= 11 is 0. The van der Waals surface area contributed by atoms with Crippen molar-refractivity contribution in [2.24, 2.45) is 7.05 Å². The summed E-state index contributed by atoms with van der Waals surface area (Å²) in [6.07, 6.45) is 6.29. The van der Waals surface area contributed by atoms with Crippen LogP contribution in [0.3, 0.4) is 0 Å². The minimum atomic E-state index is -0.280. The Balaban J connectivity index is 1.64. The molecule has 0 aliphatic carbocycles. The van der Waals surface area contributed by atoms with Gasteiger partial charge in [0, 0.05) is 36.8 Å². The van der Waals surface area contributed by atoms with Gasteiger partial charge in [0.2, 0.25) is 11.7 Å². The molecule has 6 heteroatoms. The molecular weight excluding hydrogens is 318 g/mol. The molecular formula is C19H17N3O3. The molecule has 3 aromatic rings. The van der Waals surface area contributed by atoms with Gasteiger partial charge in [0.15, 0.2) is 5.82 Å². The number of carbonyl (C=O) groups is 2. The fourth-order valence-corrected chi connectivity index (χ4v) is 2.30. The van der Waals surface area contributed by atoms with Crippen LogP contribution in [0.1, 0.15) is 27.7 Å². The van der Waals surface area contributed by atoms with Crippen LogP contribution in [0.4, 0.5) is 5.69 Å². The number of anilines is 1. The highest BCUT2D eigenvalue weighted by molar-refractivity contribution is 6.07. The summed E-state index contributed by atoms with van der Waals surface area (Å²) in [5.41, 5.74) is 1.11. The molecule has 0 spiro atoms. The number of aryl methyl sites for hydroxylation is 2. The van der Waals surface area contributed by atoms with Crippen LogP contribution in [0.2, 0.25) is 0 Å². The predicted octanol–water partition coefficient (Wildman–Crippen LogP) is 3.20. The van der Waals surface area contributed by atoms with E-state index < -0.39 is 0 Å². The Bertz CT molecular complexity index is 933. The van der Waals surface area contributed by atoms with Gasteiger partial charge in [-0.05, 0) is 49.4 Å². The second-order valence-corrected chi connectivity index (χ2v) is 5.54. The number of nitrogens with zero attached hydrogens (tertiary/aromatic N) is 2. The number of ketones is 1. The standard InChI is InChI=1S/C19H17N3O3/c1-13-3-8-16(25-13)9-10-17(23)21-15-6-4-14(5-7-15)18(24)19-20-11-12-22(19)2/h3-12H,1-2H3,(H,21,23)/b10-9+. The summed E-state index contributed by atoms with van der Waals surface area (Å²) in [7, 11) is 1.77. The predicted molar refractivity (Wildman–Crippen MR) is 94.2 cm³/mol. The first-order valence-electron chi connectivity index (χ1n) is 7.70. The third-order valence-electron chi connectivity index (χ3n) is 3.60. The molecule has 0 radical (unpaired) electrons. The molecule has 126 valence electrons. The fourth-order valence-electron chi connectivity index (χ4n) is 2.30. The maximum Gasteiger partial charge on any atom is 0.248 e. The SMILES string of the molecule is Cc1ccc(/C=C/C(=O)Nc2ccc(C(=O)c3nccn3C)cc2)o1. The molecule has 2 heterocycles. The highest BCUT2D eigenvalue weighted by Crippen LogP contribution is 2.13. The van der Waals surface area contributed by atoms with Gasteiger partial charge >= 0.3 is 0 Å². The fraction of sp³-hybridized carbons (Fsp3) is 0.105. The number of benzene rings is 1. The number of imidazole rings is 1. The number of nitrogens with one attached hydrogen (secondary N) is 1. The Morgan fingerprint density at radius 1 is 1.16 bits per heavy atom. The normalized spacial score (nSPS) is 11.0. The number of rotatable bonds is 5. The van der Waals surface area contributed by atoms with Gasteiger partial charge in [-0.3, -0.25) is 9.59 Å². The summed E-state index contributed by atoms with van der Waals surface area (Å²) in [6, 6.07) is 10.3. The second-order valence-electron chi connectivity index (χ2n) is 5.54. The van der Waals surface area contributed by atoms with Gasteiger partial charge in [0.25, 0.3) is 0 Å². The third kappa shape index (κ3) is 3.92. The van der Waals surface area contributed by atoms with Crippen molar-refractivity contribution in [1.82, 2.24) is 9.55 Å². The summed E-state index contributed by atoms with van der Waals surface area (Å²) < 4.78 is 7.02. The van der Waals surface area contributed by atoms with E-state index in [9.17, 15) is 9.59 Å². The first-order valence-corrected chi connectivity index (χ1v) is 7.70. The van der Waals surface area contributed by atoms with Crippen molar-refractivity contribution in [1.29, 1.82) is 0 Å². The Labute approximate surface area is 144 Å². The van der Waals surface area contributed by atoms with Crippen LogP contribution in [0.25, 0.3) is 6.08 Å². The zero-order valence-electron chi connectivity index (χ0n) is 13.9. The second kappa shape index (κ2) is 7.00. The molecule has 0 saturated carbocycles. The summed E-state index contributed by atoms with van der Waals surface area (Å²) in [5.74, 6) is 1.32. The van der Waals surface area contributed by atoms with Gasteiger partial charge in [-0.25, -0.2) is 4.98 Å². The number of carbonyl (C=O) groups excluding carboxylic acids is 2. The molecule has 25 heavy (non-hydrogen) atoms. The van der Waals surface area contributed by atoms with Crippen LogP contribution in [-0.4, -0.2) is 21.2 Å². The zero-order valence-corrected chi connectivity index (χ0v) is 13.9. The van der Waals surface area contributed by atoms with E-state index in [0.29, 0.717) is 22.8 Å². The minimum absolute atomic E-state index is 0.168. The first-order chi connectivity index (χ1) is 12.0. The van der Waals surface area contributed by atoms with Gasteiger partial charge < -0.3 is 14.3 Å². The molecule has 0 bridgehead atoms. The smallest absolute Gasteiger partial charge is 0.248 e. The van der Waals surface area contributed by atoms with Gasteiger partial charge in [-0.15, -0.1) is 0 Å². The molecule has 0 aliphatic rings. The molecule has 0 fully saturated rings. The van der Waals surface area contributed by atoms with Gasteiger partial charge in [0.1, 0.15) is 11.5 Å². The van der Waals surface area contributed by atoms with Crippen LogP contribution in [0, 0.1) is 6.92 Å². The Morgan fingerprint density at radius 2 is 1.92 bits per heavy atom. The van der Waals surface area contributed by atoms with E-state index >= 15 is 0 Å². The lowest BCUT2D eigenvalue weighted by molar-refractivity contribution is -0.111. The van der Waals surface area contributed by atoms with Crippen molar-refractivity contribution in [3.63, 3.8) is 0 Å². The van der Waals surface area contributed by atoms with E-state index in [2.05, 4.69) is 10.3 Å². The average molecular weight is 335 g/mol. The van der Waals surface area contributed by atoms with E-state index in [4.69, 9.17) is 4.42 Å². The lowest BCUT2D eigenvalue weighted by Crippen LogP contribution is -2.10. The van der Waals surface area contributed by atoms with Crippen molar-refractivity contribution >= 4 is 23.5 Å². The molecule has 0 unspecified atom stereocenters. The van der Waals surface area contributed by atoms with E-state index in [0.717, 1.165) is 5.76 Å². The summed E-state index contributed by atoms with van der Waals surface area (Å²) in [6.45, 7) is 1.84. The maximum absolute atomic E-state index is 12.3.